The van der Waals surface area contributed by atoms with Gasteiger partial charge in [-0.2, -0.15) is 4.98 Å². The maximum Gasteiger partial charge on any atom is 0.229 e. The van der Waals surface area contributed by atoms with E-state index in [9.17, 15) is 8.78 Å². The molecular formula is C27H30F2N8. The molecule has 0 bridgehead atoms. The summed E-state index contributed by atoms with van der Waals surface area (Å²) in [6, 6.07) is 10.7. The third kappa shape index (κ3) is 8.25. The maximum absolute atomic E-state index is 14.0. The molecule has 0 atom stereocenters. The van der Waals surface area contributed by atoms with Crippen molar-refractivity contribution in [2.24, 2.45) is 10.7 Å². The molecule has 3 aromatic rings. The van der Waals surface area contributed by atoms with Gasteiger partial charge >= 0.3 is 0 Å². The lowest BCUT2D eigenvalue weighted by atomic mass is 10.1. The number of hydrogen-bond acceptors (Lipinski definition) is 8. The number of hydrogen-bond donors (Lipinski definition) is 4. The Kier molecular flexibility index (Phi) is 9.45. The minimum absolute atomic E-state index is 0.216. The quantitative estimate of drug-likeness (QED) is 0.212. The van der Waals surface area contributed by atoms with Gasteiger partial charge in [-0.25, -0.2) is 13.8 Å². The predicted molar refractivity (Wildman–Crippen MR) is 148 cm³/mol. The Morgan fingerprint density at radius 1 is 1.11 bits per heavy atom. The van der Waals surface area contributed by atoms with Crippen molar-refractivity contribution >= 4 is 29.4 Å². The van der Waals surface area contributed by atoms with Crippen LogP contribution in [0, 0.1) is 11.6 Å². The monoisotopic (exact) mass is 504 g/mol. The molecule has 10 heteroatoms. The molecule has 0 radical (unpaired) electrons. The summed E-state index contributed by atoms with van der Waals surface area (Å²) in [5.41, 5.74) is 9.00. The lowest BCUT2D eigenvalue weighted by Crippen LogP contribution is -2.10. The fourth-order valence-electron chi connectivity index (χ4n) is 3.29. The maximum atomic E-state index is 14.0. The van der Waals surface area contributed by atoms with E-state index in [0.717, 1.165) is 24.0 Å². The van der Waals surface area contributed by atoms with Gasteiger partial charge in [0.2, 0.25) is 5.95 Å². The molecule has 1 heterocycles. The molecule has 3 rings (SSSR count). The smallest absolute Gasteiger partial charge is 0.229 e. The van der Waals surface area contributed by atoms with Crippen LogP contribution in [0.15, 0.2) is 90.0 Å². The van der Waals surface area contributed by atoms with Crippen molar-refractivity contribution < 1.29 is 8.78 Å². The molecule has 0 saturated carbocycles. The number of benzene rings is 2. The molecule has 0 spiro atoms. The lowest BCUT2D eigenvalue weighted by Gasteiger charge is -2.15. The number of aliphatic imine (C=N–C) groups is 1. The summed E-state index contributed by atoms with van der Waals surface area (Å²) in [5.74, 6) is -0.868. The molecule has 2 aromatic carbocycles. The molecule has 0 fully saturated rings. The Bertz CT molecular complexity index is 1310. The summed E-state index contributed by atoms with van der Waals surface area (Å²) < 4.78 is 28.0. The number of rotatable bonds is 11. The van der Waals surface area contributed by atoms with Crippen LogP contribution in [0.5, 0.6) is 0 Å². The van der Waals surface area contributed by atoms with E-state index in [1.165, 1.54) is 30.7 Å². The average molecular weight is 505 g/mol. The first-order chi connectivity index (χ1) is 17.8. The fourth-order valence-corrected chi connectivity index (χ4v) is 3.29. The van der Waals surface area contributed by atoms with Crippen molar-refractivity contribution in [3.63, 3.8) is 0 Å². The zero-order valence-corrected chi connectivity index (χ0v) is 21.0. The third-order valence-corrected chi connectivity index (χ3v) is 4.89. The first kappa shape index (κ1) is 27.0. The largest absolute Gasteiger partial charge is 0.403 e. The van der Waals surface area contributed by atoms with Gasteiger partial charge in [-0.05, 0) is 56.1 Å². The van der Waals surface area contributed by atoms with Crippen LogP contribution in [0.1, 0.15) is 0 Å². The molecular weight excluding hydrogens is 474 g/mol. The van der Waals surface area contributed by atoms with Crippen LogP contribution in [-0.2, 0) is 0 Å². The highest BCUT2D eigenvalue weighted by atomic mass is 19.1. The van der Waals surface area contributed by atoms with E-state index in [4.69, 9.17) is 5.73 Å². The van der Waals surface area contributed by atoms with Crippen molar-refractivity contribution in [3.05, 3.63) is 96.6 Å². The third-order valence-electron chi connectivity index (χ3n) is 4.89. The van der Waals surface area contributed by atoms with Gasteiger partial charge in [-0.15, -0.1) is 0 Å². The number of halogens is 2. The Morgan fingerprint density at radius 3 is 2.51 bits per heavy atom. The summed E-state index contributed by atoms with van der Waals surface area (Å²) in [6.45, 7) is 4.82. The van der Waals surface area contributed by atoms with E-state index >= 15 is 0 Å². The second-order valence-electron chi connectivity index (χ2n) is 8.27. The van der Waals surface area contributed by atoms with Gasteiger partial charge in [0, 0.05) is 60.9 Å². The Hall–Kier alpha value is -4.57. The molecule has 0 aliphatic heterocycles. The molecule has 0 unspecified atom stereocenters. The molecule has 8 nitrogen and oxygen atoms in total. The van der Waals surface area contributed by atoms with Crippen molar-refractivity contribution in [3.8, 4) is 11.1 Å². The summed E-state index contributed by atoms with van der Waals surface area (Å²) in [6.07, 6.45) is 8.23. The van der Waals surface area contributed by atoms with E-state index in [2.05, 4.69) is 37.5 Å². The normalized spacial score (nSPS) is 11.9. The summed E-state index contributed by atoms with van der Waals surface area (Å²) >= 11 is 0. The van der Waals surface area contributed by atoms with Crippen molar-refractivity contribution in [2.75, 3.05) is 43.6 Å². The number of nitrogens with zero attached hydrogens (tertiary/aromatic N) is 4. The van der Waals surface area contributed by atoms with E-state index in [-0.39, 0.29) is 11.5 Å². The highest BCUT2D eigenvalue weighted by Crippen LogP contribution is 2.31. The van der Waals surface area contributed by atoms with Crippen LogP contribution in [0.25, 0.3) is 11.1 Å². The number of likely N-dealkylation sites (N-methyl/N-ethyl adjacent to an activating group) is 1. The Morgan fingerprint density at radius 2 is 1.84 bits per heavy atom. The van der Waals surface area contributed by atoms with Crippen molar-refractivity contribution in [1.29, 1.82) is 0 Å². The predicted octanol–water partition coefficient (Wildman–Crippen LogP) is 5.12. The minimum Gasteiger partial charge on any atom is -0.403 e. The van der Waals surface area contributed by atoms with Gasteiger partial charge < -0.3 is 26.6 Å². The first-order valence-corrected chi connectivity index (χ1v) is 11.4. The summed E-state index contributed by atoms with van der Waals surface area (Å²) in [5, 5.41) is 9.44. The SMILES string of the molecule is C=C(/C=C/CN(C)C)Nc1cccc(Nc2nc(N/C(C=NC)=C/N)ncc2-c2cc(F)cc(F)c2)c1. The molecule has 0 aliphatic rings. The number of nitrogens with two attached hydrogens (primary N) is 1. The highest BCUT2D eigenvalue weighted by molar-refractivity contribution is 5.83. The Labute approximate surface area is 215 Å². The Balaban J connectivity index is 1.93. The number of nitrogens with one attached hydrogen (secondary N) is 3. The summed E-state index contributed by atoms with van der Waals surface area (Å²) in [7, 11) is 5.58. The van der Waals surface area contributed by atoms with Crippen molar-refractivity contribution in [2.45, 2.75) is 0 Å². The number of aromatic nitrogens is 2. The topological polar surface area (TPSA) is 103 Å². The van der Waals surface area contributed by atoms with Crippen LogP contribution in [-0.4, -0.2) is 48.8 Å². The molecule has 5 N–H and O–H groups in total. The van der Waals surface area contributed by atoms with Crippen LogP contribution in [0.2, 0.25) is 0 Å². The van der Waals surface area contributed by atoms with Crippen LogP contribution in [0.4, 0.5) is 31.9 Å². The second kappa shape index (κ2) is 12.9. The van der Waals surface area contributed by atoms with Gasteiger partial charge in [-0.3, -0.25) is 4.99 Å². The molecule has 1 aromatic heterocycles. The first-order valence-electron chi connectivity index (χ1n) is 11.4. The standard InChI is InChI=1S/C27H30F2N8/c1-18(7-6-10-37(3)4)33-22-8-5-9-23(14-22)34-26-25(19-11-20(28)13-21(29)12-19)17-32-27(36-26)35-24(15-30)16-31-2/h5-9,11-17,33H,1,10,30H2,2-4H3,(H2,32,34,35,36)/b7-6+,24-15+,31-16?. The zero-order valence-electron chi connectivity index (χ0n) is 21.0. The van der Waals surface area contributed by atoms with Crippen LogP contribution in [0.3, 0.4) is 0 Å². The van der Waals surface area contributed by atoms with Gasteiger partial charge in [-0.1, -0.05) is 18.7 Å². The number of allylic oxidation sites excluding steroid dienone is 2. The van der Waals surface area contributed by atoms with E-state index in [0.29, 0.717) is 22.8 Å². The zero-order chi connectivity index (χ0) is 26.8. The van der Waals surface area contributed by atoms with E-state index in [1.807, 2.05) is 55.4 Å². The van der Waals surface area contributed by atoms with Crippen LogP contribution < -0.4 is 21.7 Å². The lowest BCUT2D eigenvalue weighted by molar-refractivity contribution is 0.456. The minimum atomic E-state index is -0.706. The van der Waals surface area contributed by atoms with Gasteiger partial charge in [0.1, 0.15) is 17.5 Å². The van der Waals surface area contributed by atoms with Crippen molar-refractivity contribution in [1.82, 2.24) is 14.9 Å². The molecule has 0 aliphatic carbocycles. The van der Waals surface area contributed by atoms with Crippen LogP contribution >= 0.6 is 0 Å². The second-order valence-corrected chi connectivity index (χ2v) is 8.27. The van der Waals surface area contributed by atoms with Gasteiger partial charge in [0.05, 0.1) is 5.70 Å². The molecule has 0 amide bonds. The molecule has 192 valence electrons. The fraction of sp³-hybridized carbons (Fsp3) is 0.148. The van der Waals surface area contributed by atoms with Gasteiger partial charge in [0.25, 0.3) is 0 Å². The van der Waals surface area contributed by atoms with E-state index in [1.54, 1.807) is 7.05 Å². The van der Waals surface area contributed by atoms with Gasteiger partial charge in [0.15, 0.2) is 0 Å². The average Bonchev–Trinajstić information content (AvgIpc) is 2.83. The summed E-state index contributed by atoms with van der Waals surface area (Å²) in [4.78, 5) is 14.8. The number of anilines is 4. The molecule has 37 heavy (non-hydrogen) atoms. The highest BCUT2D eigenvalue weighted by Gasteiger charge is 2.13. The molecule has 0 saturated heterocycles. The van der Waals surface area contributed by atoms with E-state index < -0.39 is 11.6 Å².